The van der Waals surface area contributed by atoms with Gasteiger partial charge in [-0.2, -0.15) is 0 Å². The zero-order valence-corrected chi connectivity index (χ0v) is 12.1. The van der Waals surface area contributed by atoms with Crippen molar-refractivity contribution in [3.63, 3.8) is 0 Å². The first-order valence-electron chi connectivity index (χ1n) is 5.16. The van der Waals surface area contributed by atoms with Crippen molar-refractivity contribution in [2.24, 2.45) is 0 Å². The number of aryl methyl sites for hydroxylation is 2. The summed E-state index contributed by atoms with van der Waals surface area (Å²) in [6.45, 7) is 3.72. The van der Waals surface area contributed by atoms with Gasteiger partial charge in [-0.15, -0.1) is 11.3 Å². The van der Waals surface area contributed by atoms with Gasteiger partial charge in [0.05, 0.1) is 16.9 Å². The van der Waals surface area contributed by atoms with Crippen molar-refractivity contribution < 1.29 is 4.79 Å². The summed E-state index contributed by atoms with van der Waals surface area (Å²) in [5.41, 5.74) is 2.39. The number of nitrogens with zero attached hydrogens (tertiary/aromatic N) is 1. The van der Waals surface area contributed by atoms with Crippen LogP contribution in [0.2, 0.25) is 10.2 Å². The monoisotopic (exact) mass is 300 g/mol. The second-order valence-electron chi connectivity index (χ2n) is 3.84. The molecule has 0 aromatic carbocycles. The van der Waals surface area contributed by atoms with Crippen molar-refractivity contribution >= 4 is 46.1 Å². The van der Waals surface area contributed by atoms with E-state index in [0.29, 0.717) is 20.7 Å². The van der Waals surface area contributed by atoms with E-state index in [1.165, 1.54) is 17.5 Å². The van der Waals surface area contributed by atoms with E-state index in [4.69, 9.17) is 23.2 Å². The number of halogens is 2. The van der Waals surface area contributed by atoms with Gasteiger partial charge in [0.25, 0.3) is 5.91 Å². The molecule has 0 saturated carbocycles. The smallest absolute Gasteiger partial charge is 0.267 e. The third kappa shape index (κ3) is 2.66. The Balaban J connectivity index is 2.24. The Labute approximate surface area is 119 Å². The molecule has 18 heavy (non-hydrogen) atoms. The average molecular weight is 301 g/mol. The first kappa shape index (κ1) is 13.3. The lowest BCUT2D eigenvalue weighted by Crippen LogP contribution is -2.12. The lowest BCUT2D eigenvalue weighted by Gasteiger charge is -2.07. The van der Waals surface area contributed by atoms with Crippen LogP contribution >= 0.6 is 34.5 Å². The van der Waals surface area contributed by atoms with Crippen molar-refractivity contribution in [3.05, 3.63) is 43.8 Å². The molecule has 0 fully saturated rings. The molecule has 0 bridgehead atoms. The molecule has 0 radical (unpaired) electrons. The maximum Gasteiger partial charge on any atom is 0.267 e. The number of carbonyl (C=O) groups is 1. The molecule has 0 spiro atoms. The fourth-order valence-electron chi connectivity index (χ4n) is 1.41. The Hall–Kier alpha value is -1.10. The molecule has 0 aliphatic heterocycles. The van der Waals surface area contributed by atoms with Crippen LogP contribution in [0.4, 0.5) is 5.69 Å². The van der Waals surface area contributed by atoms with Crippen molar-refractivity contribution in [3.8, 4) is 0 Å². The summed E-state index contributed by atoms with van der Waals surface area (Å²) >= 11 is 13.1. The molecule has 0 atom stereocenters. The highest BCUT2D eigenvalue weighted by atomic mass is 35.5. The van der Waals surface area contributed by atoms with Gasteiger partial charge in [0.15, 0.2) is 0 Å². The minimum atomic E-state index is -0.231. The van der Waals surface area contributed by atoms with Crippen LogP contribution in [0.1, 0.15) is 20.8 Å². The first-order valence-corrected chi connectivity index (χ1v) is 6.79. The van der Waals surface area contributed by atoms with Gasteiger partial charge >= 0.3 is 0 Å². The van der Waals surface area contributed by atoms with Crippen LogP contribution in [-0.4, -0.2) is 10.9 Å². The summed E-state index contributed by atoms with van der Waals surface area (Å²) in [4.78, 5) is 16.5. The van der Waals surface area contributed by atoms with Crippen LogP contribution < -0.4 is 5.32 Å². The summed E-state index contributed by atoms with van der Waals surface area (Å²) in [7, 11) is 0. The van der Waals surface area contributed by atoms with Gasteiger partial charge in [0, 0.05) is 0 Å². The Morgan fingerprint density at radius 3 is 2.61 bits per heavy atom. The maximum absolute atomic E-state index is 12.0. The zero-order valence-electron chi connectivity index (χ0n) is 9.75. The molecule has 3 nitrogen and oxygen atoms in total. The minimum absolute atomic E-state index is 0.231. The van der Waals surface area contributed by atoms with E-state index in [2.05, 4.69) is 10.3 Å². The third-order valence-electron chi connectivity index (χ3n) is 2.43. The van der Waals surface area contributed by atoms with Crippen molar-refractivity contribution in [1.82, 2.24) is 4.98 Å². The molecule has 94 valence electrons. The molecule has 2 aromatic rings. The lowest BCUT2D eigenvalue weighted by atomic mass is 10.2. The maximum atomic E-state index is 12.0. The number of carbonyl (C=O) groups excluding carboxylic acids is 1. The Morgan fingerprint density at radius 1 is 1.33 bits per heavy atom. The molecule has 1 amide bonds. The zero-order chi connectivity index (χ0) is 13.3. The van der Waals surface area contributed by atoms with E-state index in [0.717, 1.165) is 11.1 Å². The van der Waals surface area contributed by atoms with Crippen LogP contribution in [0.15, 0.2) is 17.6 Å². The normalized spacial score (nSPS) is 10.4. The van der Waals surface area contributed by atoms with Crippen molar-refractivity contribution in [2.45, 2.75) is 13.8 Å². The Morgan fingerprint density at radius 2 is 2.06 bits per heavy atom. The predicted octanol–water partition coefficient (Wildman–Crippen LogP) is 4.32. The highest BCUT2D eigenvalue weighted by Crippen LogP contribution is 2.28. The summed E-state index contributed by atoms with van der Waals surface area (Å²) < 4.78 is 0. The molecule has 1 N–H and O–H groups in total. The topological polar surface area (TPSA) is 42.0 Å². The lowest BCUT2D eigenvalue weighted by molar-refractivity contribution is 0.103. The Kier molecular flexibility index (Phi) is 3.90. The molecule has 0 saturated heterocycles. The average Bonchev–Trinajstić information content (AvgIpc) is 2.64. The third-order valence-corrected chi connectivity index (χ3v) is 4.33. The number of rotatable bonds is 2. The summed E-state index contributed by atoms with van der Waals surface area (Å²) in [6, 6.07) is 1.69. The summed E-state index contributed by atoms with van der Waals surface area (Å²) in [5.74, 6) is -0.231. The number of amides is 1. The minimum Gasteiger partial charge on any atom is -0.320 e. The molecule has 2 heterocycles. The highest BCUT2D eigenvalue weighted by Gasteiger charge is 2.15. The van der Waals surface area contributed by atoms with Gasteiger partial charge in [-0.1, -0.05) is 23.2 Å². The van der Waals surface area contributed by atoms with Crippen LogP contribution in [0.5, 0.6) is 0 Å². The molecule has 2 rings (SSSR count). The van der Waals surface area contributed by atoms with Crippen LogP contribution in [-0.2, 0) is 0 Å². The molecule has 0 aliphatic carbocycles. The van der Waals surface area contributed by atoms with E-state index in [-0.39, 0.29) is 5.91 Å². The molecule has 0 aliphatic rings. The second-order valence-corrected chi connectivity index (χ2v) is 5.48. The van der Waals surface area contributed by atoms with E-state index in [1.807, 2.05) is 19.2 Å². The number of aromatic nitrogens is 1. The van der Waals surface area contributed by atoms with Gasteiger partial charge in [-0.25, -0.2) is 4.98 Å². The molecular weight excluding hydrogens is 291 g/mol. The van der Waals surface area contributed by atoms with E-state index in [1.54, 1.807) is 6.07 Å². The standard InChI is InChI=1S/C12H10Cl2N2OS/c1-6-3-9(13)15-4-8(6)16-12(17)11-10(14)7(2)5-18-11/h3-5H,1-2H3,(H,16,17). The SMILES string of the molecule is Cc1cc(Cl)ncc1NC(=O)c1scc(C)c1Cl. The second kappa shape index (κ2) is 5.26. The van der Waals surface area contributed by atoms with E-state index >= 15 is 0 Å². The van der Waals surface area contributed by atoms with E-state index < -0.39 is 0 Å². The number of thiophene rings is 1. The molecule has 6 heteroatoms. The number of hydrogen-bond acceptors (Lipinski definition) is 3. The summed E-state index contributed by atoms with van der Waals surface area (Å²) in [6.07, 6.45) is 1.53. The van der Waals surface area contributed by atoms with Crippen LogP contribution in [0.3, 0.4) is 0 Å². The number of anilines is 1. The van der Waals surface area contributed by atoms with Crippen LogP contribution in [0, 0.1) is 13.8 Å². The number of hydrogen-bond donors (Lipinski definition) is 1. The van der Waals surface area contributed by atoms with Gasteiger partial charge < -0.3 is 5.32 Å². The molecular formula is C12H10Cl2N2OS. The molecule has 2 aromatic heterocycles. The van der Waals surface area contributed by atoms with Gasteiger partial charge in [-0.05, 0) is 36.4 Å². The Bertz CT molecular complexity index is 610. The largest absolute Gasteiger partial charge is 0.320 e. The van der Waals surface area contributed by atoms with E-state index in [9.17, 15) is 4.79 Å². The quantitative estimate of drug-likeness (QED) is 0.839. The van der Waals surface area contributed by atoms with Crippen LogP contribution in [0.25, 0.3) is 0 Å². The fraction of sp³-hybridized carbons (Fsp3) is 0.167. The highest BCUT2D eigenvalue weighted by molar-refractivity contribution is 7.13. The molecule has 0 unspecified atom stereocenters. The first-order chi connectivity index (χ1) is 8.49. The van der Waals surface area contributed by atoms with Crippen molar-refractivity contribution in [1.29, 1.82) is 0 Å². The van der Waals surface area contributed by atoms with Gasteiger partial charge in [-0.3, -0.25) is 4.79 Å². The number of pyridine rings is 1. The summed E-state index contributed by atoms with van der Waals surface area (Å²) in [5, 5.41) is 5.52. The van der Waals surface area contributed by atoms with Crippen molar-refractivity contribution in [2.75, 3.05) is 5.32 Å². The fourth-order valence-corrected chi connectivity index (χ4v) is 2.80. The van der Waals surface area contributed by atoms with Gasteiger partial charge in [0.1, 0.15) is 10.0 Å². The number of nitrogens with one attached hydrogen (secondary N) is 1. The van der Waals surface area contributed by atoms with Gasteiger partial charge in [0.2, 0.25) is 0 Å². The predicted molar refractivity (Wildman–Crippen MR) is 76.0 cm³/mol.